The van der Waals surface area contributed by atoms with Crippen molar-refractivity contribution in [1.29, 1.82) is 0 Å². The molecule has 0 saturated carbocycles. The summed E-state index contributed by atoms with van der Waals surface area (Å²) in [5, 5.41) is 5.05. The SMILES string of the molecule is CCc1cc(C(=O)NC(C)Cc2cccs2)cc(NN)n1. The number of hydrazine groups is 1. The number of nitrogens with one attached hydrogen (secondary N) is 2. The van der Waals surface area contributed by atoms with E-state index in [0.29, 0.717) is 11.4 Å². The van der Waals surface area contributed by atoms with Crippen LogP contribution in [0.4, 0.5) is 5.82 Å². The molecule has 0 aliphatic rings. The van der Waals surface area contributed by atoms with Crippen molar-refractivity contribution in [3.8, 4) is 0 Å². The van der Waals surface area contributed by atoms with Gasteiger partial charge in [-0.2, -0.15) is 0 Å². The molecule has 0 aromatic carbocycles. The zero-order chi connectivity index (χ0) is 15.2. The summed E-state index contributed by atoms with van der Waals surface area (Å²) in [7, 11) is 0. The lowest BCUT2D eigenvalue weighted by molar-refractivity contribution is 0.0940. The van der Waals surface area contributed by atoms with Gasteiger partial charge in [-0.3, -0.25) is 4.79 Å². The van der Waals surface area contributed by atoms with E-state index in [1.54, 1.807) is 23.5 Å². The molecule has 6 heteroatoms. The minimum absolute atomic E-state index is 0.0728. The molecule has 112 valence electrons. The van der Waals surface area contributed by atoms with Gasteiger partial charge in [0.15, 0.2) is 0 Å². The second kappa shape index (κ2) is 7.19. The number of amides is 1. The Labute approximate surface area is 128 Å². The van der Waals surface area contributed by atoms with Gasteiger partial charge in [-0.15, -0.1) is 11.3 Å². The Hall–Kier alpha value is -1.92. The third-order valence-corrected chi connectivity index (χ3v) is 4.01. The number of anilines is 1. The van der Waals surface area contributed by atoms with E-state index in [9.17, 15) is 4.79 Å². The van der Waals surface area contributed by atoms with Crippen molar-refractivity contribution in [3.63, 3.8) is 0 Å². The topological polar surface area (TPSA) is 80.0 Å². The number of nitrogens with two attached hydrogens (primary N) is 1. The van der Waals surface area contributed by atoms with Crippen LogP contribution in [-0.2, 0) is 12.8 Å². The molecule has 1 atom stereocenters. The lowest BCUT2D eigenvalue weighted by Gasteiger charge is -2.14. The molecule has 2 rings (SSSR count). The number of pyridine rings is 1. The molecular weight excluding hydrogens is 284 g/mol. The van der Waals surface area contributed by atoms with Crippen LogP contribution in [0, 0.1) is 0 Å². The van der Waals surface area contributed by atoms with E-state index in [-0.39, 0.29) is 11.9 Å². The zero-order valence-electron chi connectivity index (χ0n) is 12.2. The van der Waals surface area contributed by atoms with E-state index < -0.39 is 0 Å². The first-order valence-corrected chi connectivity index (χ1v) is 7.81. The van der Waals surface area contributed by atoms with Gasteiger partial charge in [0.25, 0.3) is 5.91 Å². The van der Waals surface area contributed by atoms with Gasteiger partial charge in [0.05, 0.1) is 0 Å². The molecule has 0 bridgehead atoms. The molecule has 0 aliphatic heterocycles. The maximum absolute atomic E-state index is 12.3. The van der Waals surface area contributed by atoms with Crippen molar-refractivity contribution in [1.82, 2.24) is 10.3 Å². The first kappa shape index (κ1) is 15.5. The van der Waals surface area contributed by atoms with E-state index in [1.807, 2.05) is 25.3 Å². The van der Waals surface area contributed by atoms with Gasteiger partial charge >= 0.3 is 0 Å². The van der Waals surface area contributed by atoms with Gasteiger partial charge in [0.2, 0.25) is 0 Å². The van der Waals surface area contributed by atoms with Crippen molar-refractivity contribution in [3.05, 3.63) is 45.8 Å². The van der Waals surface area contributed by atoms with Gasteiger partial charge in [0.1, 0.15) is 5.82 Å². The minimum Gasteiger partial charge on any atom is -0.349 e. The summed E-state index contributed by atoms with van der Waals surface area (Å²) in [5.74, 6) is 5.79. The number of aryl methyl sites for hydroxylation is 1. The maximum Gasteiger partial charge on any atom is 0.251 e. The Morgan fingerprint density at radius 1 is 1.48 bits per heavy atom. The van der Waals surface area contributed by atoms with E-state index in [0.717, 1.165) is 18.5 Å². The van der Waals surface area contributed by atoms with Crippen LogP contribution in [-0.4, -0.2) is 16.9 Å². The highest BCUT2D eigenvalue weighted by Crippen LogP contribution is 2.13. The summed E-state index contributed by atoms with van der Waals surface area (Å²) in [5.41, 5.74) is 3.91. The summed E-state index contributed by atoms with van der Waals surface area (Å²) in [6.45, 7) is 3.99. The number of carbonyl (C=O) groups excluding carboxylic acids is 1. The molecule has 1 amide bonds. The van der Waals surface area contributed by atoms with Crippen LogP contribution < -0.4 is 16.6 Å². The van der Waals surface area contributed by atoms with Crippen molar-refractivity contribution in [2.45, 2.75) is 32.7 Å². The first-order chi connectivity index (χ1) is 10.1. The van der Waals surface area contributed by atoms with Gasteiger partial charge < -0.3 is 10.7 Å². The van der Waals surface area contributed by atoms with Crippen molar-refractivity contribution in [2.75, 3.05) is 5.43 Å². The number of thiophene rings is 1. The maximum atomic E-state index is 12.3. The molecule has 21 heavy (non-hydrogen) atoms. The molecular formula is C15H20N4OS. The molecule has 2 aromatic heterocycles. The van der Waals surface area contributed by atoms with E-state index in [2.05, 4.69) is 21.8 Å². The van der Waals surface area contributed by atoms with Crippen molar-refractivity contribution in [2.24, 2.45) is 5.84 Å². The number of nitrogen functional groups attached to an aromatic ring is 1. The van der Waals surface area contributed by atoms with Crippen molar-refractivity contribution >= 4 is 23.1 Å². The molecule has 2 aromatic rings. The fourth-order valence-electron chi connectivity index (χ4n) is 2.06. The van der Waals surface area contributed by atoms with Crippen LogP contribution in [0.2, 0.25) is 0 Å². The van der Waals surface area contributed by atoms with Gasteiger partial charge in [-0.05, 0) is 36.9 Å². The molecule has 0 saturated heterocycles. The monoisotopic (exact) mass is 304 g/mol. The lowest BCUT2D eigenvalue weighted by Crippen LogP contribution is -2.34. The second-order valence-corrected chi connectivity index (χ2v) is 5.92. The second-order valence-electron chi connectivity index (χ2n) is 4.89. The summed E-state index contributed by atoms with van der Waals surface area (Å²) in [6, 6.07) is 7.62. The highest BCUT2D eigenvalue weighted by atomic mass is 32.1. The molecule has 1 unspecified atom stereocenters. The summed E-state index contributed by atoms with van der Waals surface area (Å²) in [6.07, 6.45) is 1.58. The summed E-state index contributed by atoms with van der Waals surface area (Å²) < 4.78 is 0. The fraction of sp³-hybridized carbons (Fsp3) is 0.333. The predicted molar refractivity (Wildman–Crippen MR) is 86.4 cm³/mol. The average Bonchev–Trinajstić information content (AvgIpc) is 2.99. The highest BCUT2D eigenvalue weighted by molar-refractivity contribution is 7.09. The quantitative estimate of drug-likeness (QED) is 0.565. The van der Waals surface area contributed by atoms with Crippen LogP contribution in [0.5, 0.6) is 0 Å². The summed E-state index contributed by atoms with van der Waals surface area (Å²) in [4.78, 5) is 17.9. The first-order valence-electron chi connectivity index (χ1n) is 6.93. The van der Waals surface area contributed by atoms with E-state index >= 15 is 0 Å². The number of hydrogen-bond donors (Lipinski definition) is 3. The largest absolute Gasteiger partial charge is 0.349 e. The smallest absolute Gasteiger partial charge is 0.251 e. The molecule has 0 fully saturated rings. The molecule has 0 radical (unpaired) electrons. The number of carbonyl (C=O) groups is 1. The van der Waals surface area contributed by atoms with Gasteiger partial charge in [0, 0.05) is 28.6 Å². The Bertz CT molecular complexity index is 575. The number of aromatic nitrogens is 1. The average molecular weight is 304 g/mol. The van der Waals surface area contributed by atoms with E-state index in [4.69, 9.17) is 5.84 Å². The zero-order valence-corrected chi connectivity index (χ0v) is 13.0. The Balaban J connectivity index is 2.05. The molecule has 0 aliphatic carbocycles. The minimum atomic E-state index is -0.104. The van der Waals surface area contributed by atoms with E-state index in [1.165, 1.54) is 4.88 Å². The third-order valence-electron chi connectivity index (χ3n) is 3.12. The number of hydrogen-bond acceptors (Lipinski definition) is 5. The van der Waals surface area contributed by atoms with Gasteiger partial charge in [-0.1, -0.05) is 13.0 Å². The van der Waals surface area contributed by atoms with Crippen LogP contribution in [0.25, 0.3) is 0 Å². The molecule has 5 nitrogen and oxygen atoms in total. The normalized spacial score (nSPS) is 12.0. The number of nitrogens with zero attached hydrogens (tertiary/aromatic N) is 1. The Morgan fingerprint density at radius 2 is 2.29 bits per heavy atom. The van der Waals surface area contributed by atoms with Crippen LogP contribution >= 0.6 is 11.3 Å². The predicted octanol–water partition coefficient (Wildman–Crippen LogP) is 2.35. The van der Waals surface area contributed by atoms with Crippen molar-refractivity contribution < 1.29 is 4.79 Å². The third kappa shape index (κ3) is 4.27. The van der Waals surface area contributed by atoms with Gasteiger partial charge in [-0.25, -0.2) is 10.8 Å². The molecule has 4 N–H and O–H groups in total. The summed E-state index contributed by atoms with van der Waals surface area (Å²) >= 11 is 1.70. The molecule has 2 heterocycles. The number of rotatable bonds is 6. The van der Waals surface area contributed by atoms with Crippen LogP contribution in [0.1, 0.15) is 34.8 Å². The standard InChI is InChI=1S/C15H20N4OS/c1-3-12-8-11(9-14(18-12)19-16)15(20)17-10(2)7-13-5-4-6-21-13/h4-6,8-10H,3,7,16H2,1-2H3,(H,17,20)(H,18,19). The lowest BCUT2D eigenvalue weighted by atomic mass is 10.1. The Kier molecular flexibility index (Phi) is 5.30. The highest BCUT2D eigenvalue weighted by Gasteiger charge is 2.13. The van der Waals surface area contributed by atoms with Crippen LogP contribution in [0.3, 0.4) is 0 Å². The van der Waals surface area contributed by atoms with Crippen LogP contribution in [0.15, 0.2) is 29.6 Å². The molecule has 0 spiro atoms. The Morgan fingerprint density at radius 3 is 2.90 bits per heavy atom. The fourth-order valence-corrected chi connectivity index (χ4v) is 2.90.